The molecule has 1 aromatic rings. The van der Waals surface area contributed by atoms with E-state index in [1.807, 2.05) is 0 Å². The van der Waals surface area contributed by atoms with Gasteiger partial charge >= 0.3 is 0 Å². The normalized spacial score (nSPS) is 18.0. The van der Waals surface area contributed by atoms with Gasteiger partial charge in [-0.2, -0.15) is 0 Å². The Morgan fingerprint density at radius 3 is 2.38 bits per heavy atom. The molecule has 0 unspecified atom stereocenters. The van der Waals surface area contributed by atoms with Crippen LogP contribution in [0.3, 0.4) is 0 Å². The van der Waals surface area contributed by atoms with Crippen molar-refractivity contribution in [2.45, 2.75) is 19.3 Å². The van der Waals surface area contributed by atoms with Gasteiger partial charge in [0, 0.05) is 26.2 Å². The van der Waals surface area contributed by atoms with Crippen LogP contribution in [-0.4, -0.2) is 60.1 Å². The zero-order chi connectivity index (χ0) is 14.9. The van der Waals surface area contributed by atoms with E-state index in [1.165, 1.54) is 31.4 Å². The van der Waals surface area contributed by atoms with Crippen LogP contribution in [0.2, 0.25) is 0 Å². The first-order valence-corrected chi connectivity index (χ1v) is 7.73. The monoisotopic (exact) mass is 290 g/mol. The first kappa shape index (κ1) is 15.8. The van der Waals surface area contributed by atoms with Crippen molar-refractivity contribution in [1.82, 2.24) is 9.80 Å². The fourth-order valence-electron chi connectivity index (χ4n) is 2.74. The second-order valence-corrected chi connectivity index (χ2v) is 5.65. The van der Waals surface area contributed by atoms with E-state index in [9.17, 15) is 0 Å². The van der Waals surface area contributed by atoms with Crippen molar-refractivity contribution in [2.75, 3.05) is 39.3 Å². The molecule has 1 aromatic carbocycles. The highest BCUT2D eigenvalue weighted by molar-refractivity contribution is 5.81. The molecule has 1 heterocycles. The third-order valence-electron chi connectivity index (χ3n) is 4.01. The quantitative estimate of drug-likeness (QED) is 0.262. The Morgan fingerprint density at radius 2 is 1.71 bits per heavy atom. The summed E-state index contributed by atoms with van der Waals surface area (Å²) in [6.45, 7) is 5.88. The zero-order valence-electron chi connectivity index (χ0n) is 12.6. The lowest BCUT2D eigenvalue weighted by Crippen LogP contribution is -2.48. The maximum atomic E-state index is 8.58. The number of piperazine rings is 1. The van der Waals surface area contributed by atoms with Gasteiger partial charge in [-0.25, -0.2) is 0 Å². The lowest BCUT2D eigenvalue weighted by atomic mass is 10.1. The molecule has 0 atom stereocenters. The molecular formula is C16H26N4O. The van der Waals surface area contributed by atoms with Crippen molar-refractivity contribution in [3.05, 3.63) is 35.9 Å². The van der Waals surface area contributed by atoms with Crippen LogP contribution in [0.5, 0.6) is 0 Å². The molecule has 1 aliphatic heterocycles. The first-order chi connectivity index (χ1) is 10.3. The van der Waals surface area contributed by atoms with Crippen LogP contribution in [-0.2, 0) is 6.42 Å². The fourth-order valence-corrected chi connectivity index (χ4v) is 2.74. The molecule has 1 fully saturated rings. The second-order valence-electron chi connectivity index (χ2n) is 5.65. The maximum absolute atomic E-state index is 8.58. The Bertz CT molecular complexity index is 427. The van der Waals surface area contributed by atoms with E-state index < -0.39 is 0 Å². The number of amidine groups is 1. The van der Waals surface area contributed by atoms with Crippen LogP contribution in [0.4, 0.5) is 0 Å². The summed E-state index contributed by atoms with van der Waals surface area (Å²) in [7, 11) is 0. The first-order valence-electron chi connectivity index (χ1n) is 7.73. The minimum atomic E-state index is 0.298. The zero-order valence-corrected chi connectivity index (χ0v) is 12.6. The van der Waals surface area contributed by atoms with Crippen LogP contribution in [0.25, 0.3) is 0 Å². The van der Waals surface area contributed by atoms with Gasteiger partial charge in [-0.1, -0.05) is 35.5 Å². The van der Waals surface area contributed by atoms with Gasteiger partial charge < -0.3 is 15.8 Å². The number of nitrogens with two attached hydrogens (primary N) is 1. The number of hydrogen-bond donors (Lipinski definition) is 2. The molecule has 1 aliphatic rings. The van der Waals surface area contributed by atoms with E-state index in [0.717, 1.165) is 26.2 Å². The molecule has 0 saturated carbocycles. The van der Waals surface area contributed by atoms with Crippen LogP contribution >= 0.6 is 0 Å². The predicted octanol–water partition coefficient (Wildman–Crippen LogP) is 1.37. The summed E-state index contributed by atoms with van der Waals surface area (Å²) < 4.78 is 0. The third kappa shape index (κ3) is 5.73. The maximum Gasteiger partial charge on any atom is 0.153 e. The van der Waals surface area contributed by atoms with Crippen molar-refractivity contribution in [2.24, 2.45) is 10.9 Å². The van der Waals surface area contributed by atoms with Gasteiger partial charge in [0.25, 0.3) is 0 Å². The lowest BCUT2D eigenvalue weighted by molar-refractivity contribution is 0.143. The third-order valence-corrected chi connectivity index (χ3v) is 4.01. The number of hydrogen-bond acceptors (Lipinski definition) is 4. The average Bonchev–Trinajstić information content (AvgIpc) is 2.54. The lowest BCUT2D eigenvalue weighted by Gasteiger charge is -2.34. The van der Waals surface area contributed by atoms with Gasteiger partial charge in [-0.3, -0.25) is 4.90 Å². The van der Waals surface area contributed by atoms with E-state index in [2.05, 4.69) is 45.3 Å². The van der Waals surface area contributed by atoms with Gasteiger partial charge in [0.15, 0.2) is 5.84 Å². The Labute approximate surface area is 127 Å². The Morgan fingerprint density at radius 1 is 1.05 bits per heavy atom. The topological polar surface area (TPSA) is 65.1 Å². The number of aryl methyl sites for hydroxylation is 1. The molecular weight excluding hydrogens is 264 g/mol. The van der Waals surface area contributed by atoms with Crippen LogP contribution in [0.15, 0.2) is 35.5 Å². The van der Waals surface area contributed by atoms with Crippen molar-refractivity contribution in [3.8, 4) is 0 Å². The molecule has 0 spiro atoms. The summed E-state index contributed by atoms with van der Waals surface area (Å²) in [5.41, 5.74) is 6.97. The van der Waals surface area contributed by atoms with Crippen molar-refractivity contribution < 1.29 is 5.21 Å². The second kappa shape index (κ2) is 8.64. The van der Waals surface area contributed by atoms with E-state index in [4.69, 9.17) is 10.9 Å². The molecule has 0 aromatic heterocycles. The average molecular weight is 290 g/mol. The van der Waals surface area contributed by atoms with Gasteiger partial charge in [0.1, 0.15) is 0 Å². The van der Waals surface area contributed by atoms with Gasteiger partial charge in [0.2, 0.25) is 0 Å². The SMILES string of the molecule is N/C(CN1CCN(CCCCc2ccccc2)CC1)=N/O. The van der Waals surface area contributed by atoms with E-state index in [-0.39, 0.29) is 0 Å². The molecule has 0 bridgehead atoms. The summed E-state index contributed by atoms with van der Waals surface area (Å²) in [5.74, 6) is 0.298. The fraction of sp³-hybridized carbons (Fsp3) is 0.562. The van der Waals surface area contributed by atoms with E-state index >= 15 is 0 Å². The van der Waals surface area contributed by atoms with Gasteiger partial charge in [-0.15, -0.1) is 0 Å². The van der Waals surface area contributed by atoms with E-state index in [1.54, 1.807) is 0 Å². The van der Waals surface area contributed by atoms with Crippen LogP contribution in [0.1, 0.15) is 18.4 Å². The standard InChI is InChI=1S/C16H26N4O/c17-16(18-21)14-20-12-10-19(11-13-20)9-5-4-8-15-6-2-1-3-7-15/h1-3,6-7,21H,4-5,8-14H2,(H2,17,18). The summed E-state index contributed by atoms with van der Waals surface area (Å²) in [4.78, 5) is 4.74. The minimum Gasteiger partial charge on any atom is -0.409 e. The summed E-state index contributed by atoms with van der Waals surface area (Å²) in [6.07, 6.45) is 3.66. The number of oxime groups is 1. The van der Waals surface area contributed by atoms with Gasteiger partial charge in [-0.05, 0) is 31.4 Å². The highest BCUT2D eigenvalue weighted by atomic mass is 16.4. The molecule has 116 valence electrons. The predicted molar refractivity (Wildman–Crippen MR) is 85.7 cm³/mol. The molecule has 0 aliphatic carbocycles. The van der Waals surface area contributed by atoms with Gasteiger partial charge in [0.05, 0.1) is 6.54 Å². The molecule has 5 heteroatoms. The molecule has 2 rings (SSSR count). The highest BCUT2D eigenvalue weighted by Crippen LogP contribution is 2.07. The molecule has 3 N–H and O–H groups in total. The molecule has 5 nitrogen and oxygen atoms in total. The summed E-state index contributed by atoms with van der Waals surface area (Å²) in [6, 6.07) is 10.7. The van der Waals surface area contributed by atoms with Crippen LogP contribution in [0, 0.1) is 0 Å². The molecule has 21 heavy (non-hydrogen) atoms. The number of rotatable bonds is 7. The van der Waals surface area contributed by atoms with Crippen molar-refractivity contribution in [1.29, 1.82) is 0 Å². The van der Waals surface area contributed by atoms with Crippen LogP contribution < -0.4 is 5.73 Å². The molecule has 0 amide bonds. The summed E-state index contributed by atoms with van der Waals surface area (Å²) in [5, 5.41) is 11.6. The summed E-state index contributed by atoms with van der Waals surface area (Å²) >= 11 is 0. The van der Waals surface area contributed by atoms with Crippen molar-refractivity contribution >= 4 is 5.84 Å². The van der Waals surface area contributed by atoms with E-state index in [0.29, 0.717) is 12.4 Å². The smallest absolute Gasteiger partial charge is 0.153 e. The number of nitrogens with zero attached hydrogens (tertiary/aromatic N) is 3. The Kier molecular flexibility index (Phi) is 6.50. The Hall–Kier alpha value is -1.59. The minimum absolute atomic E-state index is 0.298. The van der Waals surface area contributed by atoms with Crippen molar-refractivity contribution in [3.63, 3.8) is 0 Å². The number of benzene rings is 1. The molecule has 1 saturated heterocycles. The number of unbranched alkanes of at least 4 members (excludes halogenated alkanes) is 1. The largest absolute Gasteiger partial charge is 0.409 e. The Balaban J connectivity index is 1.57. The molecule has 0 radical (unpaired) electrons. The highest BCUT2D eigenvalue weighted by Gasteiger charge is 2.16.